The molecule has 0 aliphatic heterocycles. The fourth-order valence-electron chi connectivity index (χ4n) is 3.53. The predicted molar refractivity (Wildman–Crippen MR) is 129 cm³/mol. The Bertz CT molecular complexity index is 1550. The van der Waals surface area contributed by atoms with Gasteiger partial charge in [-0.2, -0.15) is 0 Å². The Kier molecular flexibility index (Phi) is 5.50. The van der Waals surface area contributed by atoms with Gasteiger partial charge in [-0.15, -0.1) is 0 Å². The first-order valence-corrected chi connectivity index (χ1v) is 10.5. The molecule has 0 spiro atoms. The standard InChI is InChI=1S/C27H18N2O5/c30-25(28-20-10-12-21(13-11-20)29-26(31)24-9-4-14-33-24)19-7-3-6-17(15-19)22-16-18-5-1-2-8-23(18)34-27(22)32/h1-16H,(H,28,30)(H,29,31). The van der Waals surface area contributed by atoms with Crippen LogP contribution in [-0.4, -0.2) is 11.8 Å². The second-order valence-electron chi connectivity index (χ2n) is 7.53. The summed E-state index contributed by atoms with van der Waals surface area (Å²) in [5, 5.41) is 6.33. The molecule has 34 heavy (non-hydrogen) atoms. The maximum atomic E-state index is 12.8. The molecule has 2 N–H and O–H groups in total. The van der Waals surface area contributed by atoms with Gasteiger partial charge in [0.15, 0.2) is 5.76 Å². The van der Waals surface area contributed by atoms with Gasteiger partial charge < -0.3 is 19.5 Å². The highest BCUT2D eigenvalue weighted by Crippen LogP contribution is 2.23. The molecule has 0 bridgehead atoms. The summed E-state index contributed by atoms with van der Waals surface area (Å²) in [5.41, 5.74) is 2.51. The van der Waals surface area contributed by atoms with Crippen molar-refractivity contribution in [1.82, 2.24) is 0 Å². The Labute approximate surface area is 193 Å². The number of rotatable bonds is 5. The SMILES string of the molecule is O=C(Nc1ccc(NC(=O)c2ccco2)cc1)c1cccc(-c2cc3ccccc3oc2=O)c1. The zero-order valence-corrected chi connectivity index (χ0v) is 17.8. The highest BCUT2D eigenvalue weighted by Gasteiger charge is 2.12. The van der Waals surface area contributed by atoms with Crippen LogP contribution in [0.4, 0.5) is 11.4 Å². The molecule has 0 unspecified atom stereocenters. The third-order valence-corrected chi connectivity index (χ3v) is 5.22. The summed E-state index contributed by atoms with van der Waals surface area (Å²) >= 11 is 0. The Morgan fingerprint density at radius 2 is 1.44 bits per heavy atom. The number of carbonyl (C=O) groups excluding carboxylic acids is 2. The van der Waals surface area contributed by atoms with Crippen molar-refractivity contribution in [3.8, 4) is 11.1 Å². The Balaban J connectivity index is 1.32. The van der Waals surface area contributed by atoms with Gasteiger partial charge in [0.2, 0.25) is 0 Å². The van der Waals surface area contributed by atoms with Crippen molar-refractivity contribution in [2.45, 2.75) is 0 Å². The van der Waals surface area contributed by atoms with Crippen LogP contribution in [0.2, 0.25) is 0 Å². The maximum absolute atomic E-state index is 12.8. The first-order valence-electron chi connectivity index (χ1n) is 10.5. The molecule has 0 fully saturated rings. The molecule has 2 aromatic heterocycles. The molecule has 0 atom stereocenters. The minimum absolute atomic E-state index is 0.206. The molecule has 166 valence electrons. The molecule has 2 heterocycles. The van der Waals surface area contributed by atoms with Crippen LogP contribution in [-0.2, 0) is 0 Å². The second-order valence-corrected chi connectivity index (χ2v) is 7.53. The van der Waals surface area contributed by atoms with E-state index in [4.69, 9.17) is 8.83 Å². The average Bonchev–Trinajstić information content (AvgIpc) is 3.40. The Morgan fingerprint density at radius 3 is 2.18 bits per heavy atom. The largest absolute Gasteiger partial charge is 0.459 e. The molecular weight excluding hydrogens is 432 g/mol. The molecule has 7 nitrogen and oxygen atoms in total. The molecule has 0 saturated heterocycles. The van der Waals surface area contributed by atoms with Crippen LogP contribution in [0.15, 0.2) is 111 Å². The number of carbonyl (C=O) groups is 2. The number of furan rings is 1. The third-order valence-electron chi connectivity index (χ3n) is 5.22. The molecule has 0 radical (unpaired) electrons. The van der Waals surface area contributed by atoms with Crippen molar-refractivity contribution in [2.24, 2.45) is 0 Å². The molecule has 7 heteroatoms. The van der Waals surface area contributed by atoms with E-state index in [2.05, 4.69) is 10.6 Å². The smallest absolute Gasteiger partial charge is 0.344 e. The lowest BCUT2D eigenvalue weighted by atomic mass is 10.0. The highest BCUT2D eigenvalue weighted by molar-refractivity contribution is 6.05. The molecule has 5 aromatic rings. The van der Waals surface area contributed by atoms with Crippen molar-refractivity contribution in [3.63, 3.8) is 0 Å². The first-order chi connectivity index (χ1) is 16.6. The minimum atomic E-state index is -0.469. The first kappa shape index (κ1) is 21.0. The maximum Gasteiger partial charge on any atom is 0.344 e. The van der Waals surface area contributed by atoms with Crippen molar-refractivity contribution in [3.05, 3.63) is 119 Å². The van der Waals surface area contributed by atoms with Gasteiger partial charge in [0.1, 0.15) is 5.58 Å². The highest BCUT2D eigenvalue weighted by atomic mass is 16.4. The number of benzene rings is 3. The normalized spacial score (nSPS) is 10.7. The number of fused-ring (bicyclic) bond motifs is 1. The molecule has 0 aliphatic carbocycles. The van der Waals surface area contributed by atoms with E-state index in [1.165, 1.54) is 6.26 Å². The summed E-state index contributed by atoms with van der Waals surface area (Å²) in [6.07, 6.45) is 1.43. The van der Waals surface area contributed by atoms with Crippen LogP contribution < -0.4 is 16.3 Å². The molecule has 0 saturated carbocycles. The summed E-state index contributed by atoms with van der Waals surface area (Å²) in [5.74, 6) is -0.492. The van der Waals surface area contributed by atoms with Crippen LogP contribution in [0.3, 0.4) is 0 Å². The van der Waals surface area contributed by atoms with Crippen molar-refractivity contribution < 1.29 is 18.4 Å². The van der Waals surface area contributed by atoms with E-state index >= 15 is 0 Å². The van der Waals surface area contributed by atoms with E-state index in [-0.39, 0.29) is 17.6 Å². The molecule has 3 aromatic carbocycles. The van der Waals surface area contributed by atoms with Crippen molar-refractivity contribution >= 4 is 34.2 Å². The number of para-hydroxylation sites is 1. The summed E-state index contributed by atoms with van der Waals surface area (Å²) in [6, 6.07) is 25.7. The van der Waals surface area contributed by atoms with Gasteiger partial charge in [0.25, 0.3) is 11.8 Å². The van der Waals surface area contributed by atoms with E-state index in [9.17, 15) is 14.4 Å². The Hall–Kier alpha value is -4.91. The van der Waals surface area contributed by atoms with Gasteiger partial charge in [0, 0.05) is 22.3 Å². The average molecular weight is 450 g/mol. The van der Waals surface area contributed by atoms with Crippen molar-refractivity contribution in [1.29, 1.82) is 0 Å². The lowest BCUT2D eigenvalue weighted by Gasteiger charge is -2.09. The number of amides is 2. The van der Waals surface area contributed by atoms with E-state index in [1.807, 2.05) is 12.1 Å². The predicted octanol–water partition coefficient (Wildman–Crippen LogP) is 5.56. The fraction of sp³-hybridized carbons (Fsp3) is 0. The number of anilines is 2. The zero-order valence-electron chi connectivity index (χ0n) is 17.8. The molecule has 0 aliphatic rings. The molecule has 2 amide bonds. The van der Waals surface area contributed by atoms with Crippen LogP contribution in [0, 0.1) is 0 Å². The van der Waals surface area contributed by atoms with Crippen LogP contribution in [0.5, 0.6) is 0 Å². The fourth-order valence-corrected chi connectivity index (χ4v) is 3.53. The van der Waals surface area contributed by atoms with Crippen LogP contribution in [0.25, 0.3) is 22.1 Å². The topological polar surface area (TPSA) is 102 Å². The van der Waals surface area contributed by atoms with Gasteiger partial charge >= 0.3 is 5.63 Å². The van der Waals surface area contributed by atoms with Crippen LogP contribution in [0.1, 0.15) is 20.9 Å². The van der Waals surface area contributed by atoms with Crippen molar-refractivity contribution in [2.75, 3.05) is 10.6 Å². The summed E-state index contributed by atoms with van der Waals surface area (Å²) in [7, 11) is 0. The quantitative estimate of drug-likeness (QED) is 0.342. The summed E-state index contributed by atoms with van der Waals surface area (Å²) in [4.78, 5) is 37.4. The van der Waals surface area contributed by atoms with E-state index in [0.717, 1.165) is 5.39 Å². The third kappa shape index (κ3) is 4.35. The minimum Gasteiger partial charge on any atom is -0.459 e. The Morgan fingerprint density at radius 1 is 0.706 bits per heavy atom. The van der Waals surface area contributed by atoms with Gasteiger partial charge in [0.05, 0.1) is 11.8 Å². The van der Waals surface area contributed by atoms with E-state index in [1.54, 1.807) is 78.9 Å². The summed E-state index contributed by atoms with van der Waals surface area (Å²) < 4.78 is 10.5. The lowest BCUT2D eigenvalue weighted by molar-refractivity contribution is 0.0994. The van der Waals surface area contributed by atoms with Gasteiger partial charge in [-0.1, -0.05) is 30.3 Å². The molecular formula is C27H18N2O5. The monoisotopic (exact) mass is 450 g/mol. The second kappa shape index (κ2) is 8.91. The number of hydrogen-bond donors (Lipinski definition) is 2. The number of nitrogens with one attached hydrogen (secondary N) is 2. The zero-order chi connectivity index (χ0) is 23.5. The van der Waals surface area contributed by atoms with Gasteiger partial charge in [-0.25, -0.2) is 4.79 Å². The van der Waals surface area contributed by atoms with Gasteiger partial charge in [-0.05, 0) is 66.2 Å². The van der Waals surface area contributed by atoms with E-state index in [0.29, 0.717) is 33.6 Å². The number of hydrogen-bond acceptors (Lipinski definition) is 5. The lowest BCUT2D eigenvalue weighted by Crippen LogP contribution is -2.13. The van der Waals surface area contributed by atoms with Crippen LogP contribution >= 0.6 is 0 Å². The van der Waals surface area contributed by atoms with E-state index < -0.39 is 5.63 Å². The van der Waals surface area contributed by atoms with Gasteiger partial charge in [-0.3, -0.25) is 9.59 Å². The molecule has 5 rings (SSSR count). The summed E-state index contributed by atoms with van der Waals surface area (Å²) in [6.45, 7) is 0.